The largest absolute Gasteiger partial charge is 0.353 e. The molecule has 0 spiro atoms. The molecule has 2 aliphatic rings. The van der Waals surface area contributed by atoms with E-state index in [1.807, 2.05) is 0 Å². The summed E-state index contributed by atoms with van der Waals surface area (Å²) < 4.78 is 10.9. The van der Waals surface area contributed by atoms with Crippen LogP contribution in [0.1, 0.15) is 19.8 Å². The second-order valence-corrected chi connectivity index (χ2v) is 4.64. The van der Waals surface area contributed by atoms with Crippen LogP contribution in [0.3, 0.4) is 0 Å². The smallest absolute Gasteiger partial charge is 0.171 e. The molecule has 3 heteroatoms. The average Bonchev–Trinajstić information content (AvgIpc) is 2.43. The summed E-state index contributed by atoms with van der Waals surface area (Å²) in [6.07, 6.45) is 3.17. The molecule has 2 fully saturated rings. The van der Waals surface area contributed by atoms with Gasteiger partial charge in [0.15, 0.2) is 5.79 Å². The minimum Gasteiger partial charge on any atom is -0.353 e. The van der Waals surface area contributed by atoms with Crippen LogP contribution in [0.15, 0.2) is 0 Å². The average molecular weight is 198 g/mol. The van der Waals surface area contributed by atoms with E-state index in [1.54, 1.807) is 14.2 Å². The van der Waals surface area contributed by atoms with Crippen molar-refractivity contribution in [3.05, 3.63) is 0 Å². The monoisotopic (exact) mass is 198 g/mol. The first-order valence-electron chi connectivity index (χ1n) is 5.24. The fourth-order valence-corrected chi connectivity index (χ4v) is 3.39. The van der Waals surface area contributed by atoms with Gasteiger partial charge in [-0.2, -0.15) is 0 Å². The van der Waals surface area contributed by atoms with E-state index in [-0.39, 0.29) is 11.8 Å². The Morgan fingerprint density at radius 3 is 2.50 bits per heavy atom. The molecule has 0 bridgehead atoms. The molecule has 2 rings (SSSR count). The Morgan fingerprint density at radius 1 is 1.36 bits per heavy atom. The maximum atomic E-state index is 11.0. The fourth-order valence-electron chi connectivity index (χ4n) is 3.39. The van der Waals surface area contributed by atoms with Crippen LogP contribution in [0.2, 0.25) is 0 Å². The van der Waals surface area contributed by atoms with Crippen molar-refractivity contribution in [1.82, 2.24) is 0 Å². The zero-order valence-corrected chi connectivity index (χ0v) is 9.03. The lowest BCUT2D eigenvalue weighted by Crippen LogP contribution is -2.56. The van der Waals surface area contributed by atoms with Gasteiger partial charge < -0.3 is 14.3 Å². The summed E-state index contributed by atoms with van der Waals surface area (Å²) in [5.41, 5.74) is 0. The molecule has 2 saturated carbocycles. The number of rotatable bonds is 3. The van der Waals surface area contributed by atoms with E-state index >= 15 is 0 Å². The van der Waals surface area contributed by atoms with Crippen molar-refractivity contribution in [2.45, 2.75) is 25.6 Å². The van der Waals surface area contributed by atoms with Gasteiger partial charge in [-0.05, 0) is 18.3 Å². The molecule has 0 saturated heterocycles. The zero-order chi connectivity index (χ0) is 10.3. The van der Waals surface area contributed by atoms with Crippen molar-refractivity contribution < 1.29 is 14.3 Å². The maximum absolute atomic E-state index is 11.0. The Balaban J connectivity index is 2.19. The van der Waals surface area contributed by atoms with E-state index < -0.39 is 5.79 Å². The van der Waals surface area contributed by atoms with Gasteiger partial charge >= 0.3 is 0 Å². The summed E-state index contributed by atoms with van der Waals surface area (Å²) in [7, 11) is 3.34. The molecule has 14 heavy (non-hydrogen) atoms. The third kappa shape index (κ3) is 1.09. The highest BCUT2D eigenvalue weighted by Gasteiger charge is 2.62. The summed E-state index contributed by atoms with van der Waals surface area (Å²) in [4.78, 5) is 11.0. The molecular weight excluding hydrogens is 180 g/mol. The summed E-state index contributed by atoms with van der Waals surface area (Å²) in [5.74, 6) is 1.04. The Bertz CT molecular complexity index is 235. The van der Waals surface area contributed by atoms with Crippen LogP contribution in [0, 0.1) is 23.7 Å². The van der Waals surface area contributed by atoms with E-state index in [4.69, 9.17) is 9.47 Å². The second kappa shape index (κ2) is 3.31. The summed E-state index contributed by atoms with van der Waals surface area (Å²) >= 11 is 0. The van der Waals surface area contributed by atoms with E-state index in [2.05, 4.69) is 6.92 Å². The summed E-state index contributed by atoms with van der Waals surface area (Å²) in [6.45, 7) is 2.15. The third-order valence-corrected chi connectivity index (χ3v) is 4.16. The molecule has 4 atom stereocenters. The Kier molecular flexibility index (Phi) is 2.40. The fraction of sp³-hybridized carbons (Fsp3) is 0.909. The van der Waals surface area contributed by atoms with Gasteiger partial charge in [0.1, 0.15) is 6.29 Å². The molecule has 80 valence electrons. The standard InChI is InChI=1S/C11H18O3/c1-7-4-8-5-11(13-2,14-3)10(8)9(7)6-12/h6-10H,4-5H2,1-3H3/t7-,8-,9+,10+/m1/s1. The van der Waals surface area contributed by atoms with Crippen LogP contribution in [0.5, 0.6) is 0 Å². The molecule has 0 aromatic rings. The van der Waals surface area contributed by atoms with Gasteiger partial charge in [0.25, 0.3) is 0 Å². The van der Waals surface area contributed by atoms with Crippen molar-refractivity contribution in [3.8, 4) is 0 Å². The number of hydrogen-bond donors (Lipinski definition) is 0. The minimum absolute atomic E-state index is 0.119. The molecule has 0 amide bonds. The normalized spacial score (nSPS) is 44.2. The van der Waals surface area contributed by atoms with E-state index in [0.29, 0.717) is 11.8 Å². The van der Waals surface area contributed by atoms with E-state index in [9.17, 15) is 4.79 Å². The van der Waals surface area contributed by atoms with E-state index in [0.717, 1.165) is 19.1 Å². The number of ether oxygens (including phenoxy) is 2. The van der Waals surface area contributed by atoms with Crippen LogP contribution < -0.4 is 0 Å². The summed E-state index contributed by atoms with van der Waals surface area (Å²) in [5, 5.41) is 0. The molecular formula is C11H18O3. The molecule has 2 aliphatic carbocycles. The lowest BCUT2D eigenvalue weighted by Gasteiger charge is -2.51. The lowest BCUT2D eigenvalue weighted by molar-refractivity contribution is -0.309. The number of hydrogen-bond acceptors (Lipinski definition) is 3. The maximum Gasteiger partial charge on any atom is 0.171 e. The predicted molar refractivity (Wildman–Crippen MR) is 51.7 cm³/mol. The number of carbonyl (C=O) groups excluding carboxylic acids is 1. The van der Waals surface area contributed by atoms with Crippen LogP contribution in [0.25, 0.3) is 0 Å². The van der Waals surface area contributed by atoms with Gasteiger partial charge in [-0.15, -0.1) is 0 Å². The first kappa shape index (κ1) is 10.1. The van der Waals surface area contributed by atoms with Gasteiger partial charge in [-0.3, -0.25) is 0 Å². The quantitative estimate of drug-likeness (QED) is 0.509. The summed E-state index contributed by atoms with van der Waals surface area (Å²) in [6, 6.07) is 0. The highest BCUT2D eigenvalue weighted by Crippen LogP contribution is 2.59. The minimum atomic E-state index is -0.471. The van der Waals surface area contributed by atoms with Crippen molar-refractivity contribution >= 4 is 6.29 Å². The van der Waals surface area contributed by atoms with Gasteiger partial charge in [0.2, 0.25) is 0 Å². The van der Waals surface area contributed by atoms with Crippen molar-refractivity contribution in [2.24, 2.45) is 23.7 Å². The van der Waals surface area contributed by atoms with Crippen molar-refractivity contribution in [2.75, 3.05) is 14.2 Å². The van der Waals surface area contributed by atoms with Gasteiger partial charge in [-0.25, -0.2) is 0 Å². The van der Waals surface area contributed by atoms with Crippen LogP contribution in [-0.4, -0.2) is 26.3 Å². The van der Waals surface area contributed by atoms with Gasteiger partial charge in [0.05, 0.1) is 0 Å². The Morgan fingerprint density at radius 2 is 2.00 bits per heavy atom. The highest BCUT2D eigenvalue weighted by molar-refractivity contribution is 5.56. The predicted octanol–water partition coefficient (Wildman–Crippen LogP) is 1.47. The SMILES string of the molecule is COC1(OC)C[C@H]2C[C@@H](C)[C@H](C=O)[C@H]21. The Hall–Kier alpha value is -0.410. The Labute approximate surface area is 84.8 Å². The zero-order valence-electron chi connectivity index (χ0n) is 9.03. The van der Waals surface area contributed by atoms with Crippen LogP contribution in [-0.2, 0) is 14.3 Å². The molecule has 0 aromatic carbocycles. The molecule has 0 radical (unpaired) electrons. The second-order valence-electron chi connectivity index (χ2n) is 4.64. The number of fused-ring (bicyclic) bond motifs is 1. The number of carbonyl (C=O) groups is 1. The molecule has 3 nitrogen and oxygen atoms in total. The topological polar surface area (TPSA) is 35.5 Å². The van der Waals surface area contributed by atoms with Gasteiger partial charge in [0, 0.05) is 32.5 Å². The van der Waals surface area contributed by atoms with Crippen molar-refractivity contribution in [1.29, 1.82) is 0 Å². The molecule has 0 N–H and O–H groups in total. The molecule has 0 heterocycles. The molecule has 0 aliphatic heterocycles. The van der Waals surface area contributed by atoms with Crippen molar-refractivity contribution in [3.63, 3.8) is 0 Å². The number of methoxy groups -OCH3 is 2. The number of aldehydes is 1. The van der Waals surface area contributed by atoms with Gasteiger partial charge in [-0.1, -0.05) is 6.92 Å². The van der Waals surface area contributed by atoms with Crippen LogP contribution in [0.4, 0.5) is 0 Å². The highest BCUT2D eigenvalue weighted by atomic mass is 16.7. The first-order valence-corrected chi connectivity index (χ1v) is 5.24. The molecule has 0 unspecified atom stereocenters. The van der Waals surface area contributed by atoms with Crippen LogP contribution >= 0.6 is 0 Å². The lowest BCUT2D eigenvalue weighted by atomic mass is 9.67. The first-order chi connectivity index (χ1) is 6.68. The van der Waals surface area contributed by atoms with E-state index in [1.165, 1.54) is 0 Å². The third-order valence-electron chi connectivity index (χ3n) is 4.16. The molecule has 0 aromatic heterocycles.